The highest BCUT2D eigenvalue weighted by molar-refractivity contribution is 6.03. The van der Waals surface area contributed by atoms with Crippen LogP contribution in [0.4, 0.5) is 0 Å². The molecule has 1 fully saturated rings. The number of hydrogen-bond acceptors (Lipinski definition) is 1. The van der Waals surface area contributed by atoms with E-state index in [1.807, 2.05) is 30.3 Å². The zero-order chi connectivity index (χ0) is 12.5. The van der Waals surface area contributed by atoms with Crippen molar-refractivity contribution in [3.05, 3.63) is 66.3 Å². The molecule has 0 N–H and O–H groups in total. The second kappa shape index (κ2) is 4.41. The number of rotatable bonds is 3. The molecule has 2 aliphatic rings. The Kier molecular flexibility index (Phi) is 2.75. The van der Waals surface area contributed by atoms with Crippen LogP contribution in [-0.2, 0) is 0 Å². The number of fused-ring (bicyclic) bond motifs is 1. The van der Waals surface area contributed by atoms with Gasteiger partial charge < -0.3 is 0 Å². The molecule has 2 aliphatic carbocycles. The second-order valence-corrected chi connectivity index (χ2v) is 5.05. The van der Waals surface area contributed by atoms with Crippen molar-refractivity contribution in [3.63, 3.8) is 0 Å². The van der Waals surface area contributed by atoms with E-state index in [9.17, 15) is 0 Å². The standard InChI is InChI=1S/C17H17N/c1-12(14-6-4-3-5-7-14)18-13(2)15-8-9-16-11-17(16)10-15/h3-10,16-17H,1,11H2,2H3/t16?,17-/m0/s1. The highest BCUT2D eigenvalue weighted by Gasteiger charge is 2.35. The van der Waals surface area contributed by atoms with E-state index in [2.05, 4.69) is 36.7 Å². The van der Waals surface area contributed by atoms with Gasteiger partial charge in [-0.15, -0.1) is 0 Å². The number of benzene rings is 1. The molecule has 0 saturated heterocycles. The van der Waals surface area contributed by atoms with Crippen LogP contribution >= 0.6 is 0 Å². The lowest BCUT2D eigenvalue weighted by Crippen LogP contribution is -1.99. The van der Waals surface area contributed by atoms with Crippen LogP contribution in [0.5, 0.6) is 0 Å². The molecule has 0 amide bonds. The lowest BCUT2D eigenvalue weighted by Gasteiger charge is -2.07. The summed E-state index contributed by atoms with van der Waals surface area (Å²) in [4.78, 5) is 4.63. The molecule has 0 spiro atoms. The fourth-order valence-electron chi connectivity index (χ4n) is 2.37. The minimum atomic E-state index is 0.764. The van der Waals surface area contributed by atoms with E-state index in [1.165, 1.54) is 12.0 Å². The lowest BCUT2D eigenvalue weighted by molar-refractivity contribution is 0.973. The van der Waals surface area contributed by atoms with E-state index in [0.717, 1.165) is 28.8 Å². The van der Waals surface area contributed by atoms with Gasteiger partial charge in [0.15, 0.2) is 0 Å². The van der Waals surface area contributed by atoms with Gasteiger partial charge in [0, 0.05) is 5.71 Å². The van der Waals surface area contributed by atoms with Crippen LogP contribution in [0.15, 0.2) is 65.7 Å². The molecule has 18 heavy (non-hydrogen) atoms. The van der Waals surface area contributed by atoms with Crippen molar-refractivity contribution < 1.29 is 0 Å². The number of aliphatic imine (C=N–C) groups is 1. The third kappa shape index (κ3) is 2.21. The summed E-state index contributed by atoms with van der Waals surface area (Å²) in [6, 6.07) is 10.1. The minimum Gasteiger partial charge on any atom is -0.253 e. The zero-order valence-corrected chi connectivity index (χ0v) is 10.6. The SMILES string of the molecule is C=C(N=C(C)C1=C[C@H]2CC2C=C1)c1ccccc1. The largest absolute Gasteiger partial charge is 0.253 e. The first kappa shape index (κ1) is 11.2. The van der Waals surface area contributed by atoms with E-state index in [4.69, 9.17) is 0 Å². The minimum absolute atomic E-state index is 0.764. The van der Waals surface area contributed by atoms with Crippen LogP contribution < -0.4 is 0 Å². The number of allylic oxidation sites excluding steroid dienone is 4. The quantitative estimate of drug-likeness (QED) is 0.694. The normalized spacial score (nSPS) is 25.4. The molecule has 90 valence electrons. The summed E-state index contributed by atoms with van der Waals surface area (Å²) in [6.07, 6.45) is 8.17. The fraction of sp³-hybridized carbons (Fsp3) is 0.235. The number of nitrogens with zero attached hydrogens (tertiary/aromatic N) is 1. The topological polar surface area (TPSA) is 12.4 Å². The Morgan fingerprint density at radius 1 is 1.22 bits per heavy atom. The average molecular weight is 235 g/mol. The Bertz CT molecular complexity index is 561. The van der Waals surface area contributed by atoms with Crippen molar-refractivity contribution in [2.24, 2.45) is 16.8 Å². The van der Waals surface area contributed by atoms with Crippen molar-refractivity contribution in [2.45, 2.75) is 13.3 Å². The van der Waals surface area contributed by atoms with E-state index in [-0.39, 0.29) is 0 Å². The maximum Gasteiger partial charge on any atom is 0.0633 e. The van der Waals surface area contributed by atoms with Gasteiger partial charge in [-0.2, -0.15) is 0 Å². The van der Waals surface area contributed by atoms with Crippen LogP contribution in [0.2, 0.25) is 0 Å². The molecule has 2 atom stereocenters. The van der Waals surface area contributed by atoms with Crippen LogP contribution in [0.1, 0.15) is 18.9 Å². The maximum atomic E-state index is 4.63. The van der Waals surface area contributed by atoms with Gasteiger partial charge in [0.25, 0.3) is 0 Å². The second-order valence-electron chi connectivity index (χ2n) is 5.05. The van der Waals surface area contributed by atoms with Gasteiger partial charge in [0.2, 0.25) is 0 Å². The van der Waals surface area contributed by atoms with Gasteiger partial charge in [0.1, 0.15) is 0 Å². The molecule has 1 saturated carbocycles. The first-order chi connectivity index (χ1) is 8.74. The molecular formula is C17H17N. The summed E-state index contributed by atoms with van der Waals surface area (Å²) in [5.74, 6) is 1.57. The molecule has 0 radical (unpaired) electrons. The first-order valence-electron chi connectivity index (χ1n) is 6.44. The third-order valence-electron chi connectivity index (χ3n) is 3.64. The van der Waals surface area contributed by atoms with Crippen molar-refractivity contribution in [3.8, 4) is 0 Å². The van der Waals surface area contributed by atoms with Gasteiger partial charge in [0.05, 0.1) is 5.70 Å². The van der Waals surface area contributed by atoms with E-state index >= 15 is 0 Å². The summed E-state index contributed by atoms with van der Waals surface area (Å²) in [5.41, 5.74) is 4.23. The first-order valence-corrected chi connectivity index (χ1v) is 6.44. The molecule has 0 aromatic heterocycles. The summed E-state index contributed by atoms with van der Waals surface area (Å²) >= 11 is 0. The molecule has 0 aliphatic heterocycles. The van der Waals surface area contributed by atoms with Crippen LogP contribution in [-0.4, -0.2) is 5.71 Å². The molecule has 1 aromatic rings. The predicted molar refractivity (Wildman–Crippen MR) is 77.4 cm³/mol. The Labute approximate surface area is 108 Å². The van der Waals surface area contributed by atoms with E-state index < -0.39 is 0 Å². The van der Waals surface area contributed by atoms with Gasteiger partial charge in [-0.3, -0.25) is 4.99 Å². The van der Waals surface area contributed by atoms with E-state index in [1.54, 1.807) is 0 Å². The zero-order valence-electron chi connectivity index (χ0n) is 10.6. The monoisotopic (exact) mass is 235 g/mol. The molecule has 0 bridgehead atoms. The molecule has 1 unspecified atom stereocenters. The third-order valence-corrected chi connectivity index (χ3v) is 3.64. The summed E-state index contributed by atoms with van der Waals surface area (Å²) in [6.45, 7) is 6.11. The van der Waals surface area contributed by atoms with E-state index in [0.29, 0.717) is 0 Å². The van der Waals surface area contributed by atoms with Crippen LogP contribution in [0.3, 0.4) is 0 Å². The number of hydrogen-bond donors (Lipinski definition) is 0. The smallest absolute Gasteiger partial charge is 0.0633 e. The fourth-order valence-corrected chi connectivity index (χ4v) is 2.37. The Morgan fingerprint density at radius 2 is 2.00 bits per heavy atom. The highest BCUT2D eigenvalue weighted by atomic mass is 14.8. The van der Waals surface area contributed by atoms with Crippen molar-refractivity contribution in [1.29, 1.82) is 0 Å². The van der Waals surface area contributed by atoms with Crippen molar-refractivity contribution >= 4 is 11.4 Å². The summed E-state index contributed by atoms with van der Waals surface area (Å²) < 4.78 is 0. The molecular weight excluding hydrogens is 218 g/mol. The highest BCUT2D eigenvalue weighted by Crippen LogP contribution is 2.44. The maximum absolute atomic E-state index is 4.63. The average Bonchev–Trinajstić information content (AvgIpc) is 3.17. The molecule has 0 heterocycles. The van der Waals surface area contributed by atoms with Gasteiger partial charge in [-0.25, -0.2) is 0 Å². The van der Waals surface area contributed by atoms with Gasteiger partial charge in [-0.1, -0.05) is 55.1 Å². The van der Waals surface area contributed by atoms with Crippen molar-refractivity contribution in [2.75, 3.05) is 0 Å². The predicted octanol–water partition coefficient (Wildman–Crippen LogP) is 4.25. The van der Waals surface area contributed by atoms with Gasteiger partial charge >= 0.3 is 0 Å². The summed E-state index contributed by atoms with van der Waals surface area (Å²) in [5, 5.41) is 0. The Morgan fingerprint density at radius 3 is 2.72 bits per heavy atom. The Balaban J connectivity index is 1.80. The molecule has 1 heteroatoms. The van der Waals surface area contributed by atoms with Crippen molar-refractivity contribution in [1.82, 2.24) is 0 Å². The van der Waals surface area contributed by atoms with Gasteiger partial charge in [-0.05, 0) is 36.3 Å². The summed E-state index contributed by atoms with van der Waals surface area (Å²) in [7, 11) is 0. The lowest BCUT2D eigenvalue weighted by atomic mass is 10.0. The Hall–Kier alpha value is -1.89. The van der Waals surface area contributed by atoms with Crippen LogP contribution in [0, 0.1) is 11.8 Å². The van der Waals surface area contributed by atoms with Crippen LogP contribution in [0.25, 0.3) is 5.70 Å². The molecule has 1 aromatic carbocycles. The molecule has 3 rings (SSSR count). The molecule has 1 nitrogen and oxygen atoms in total.